The molecule has 10 heteroatoms. The number of carbonyl (C=O) groups is 1. The number of hydrogen-bond donors (Lipinski definition) is 1. The van der Waals surface area contributed by atoms with Crippen molar-refractivity contribution in [2.24, 2.45) is 5.10 Å². The van der Waals surface area contributed by atoms with Gasteiger partial charge in [-0.05, 0) is 48.9 Å². The fraction of sp³-hybridized carbons (Fsp3) is 0.167. The predicted molar refractivity (Wildman–Crippen MR) is 127 cm³/mol. The fourth-order valence-electron chi connectivity index (χ4n) is 3.08. The van der Waals surface area contributed by atoms with Crippen molar-refractivity contribution in [2.45, 2.75) is 11.8 Å². The first-order valence-electron chi connectivity index (χ1n) is 10.1. The Bertz CT molecular complexity index is 1280. The molecule has 8 nitrogen and oxygen atoms in total. The van der Waals surface area contributed by atoms with E-state index in [2.05, 4.69) is 10.5 Å². The second-order valence-corrected chi connectivity index (χ2v) is 8.97. The van der Waals surface area contributed by atoms with Crippen LogP contribution in [0.2, 0.25) is 0 Å². The summed E-state index contributed by atoms with van der Waals surface area (Å²) in [7, 11) is -1.31. The number of halogens is 1. The van der Waals surface area contributed by atoms with Crippen LogP contribution in [0.4, 0.5) is 10.1 Å². The summed E-state index contributed by atoms with van der Waals surface area (Å²) in [5.74, 6) is -0.439. The molecule has 3 aromatic carbocycles. The first-order chi connectivity index (χ1) is 16.3. The molecule has 0 aliphatic rings. The molecule has 1 amide bonds. The molecule has 0 atom stereocenters. The molecule has 0 saturated carbocycles. The second-order valence-electron chi connectivity index (χ2n) is 7.10. The SMILES string of the molecule is COc1ccc(S(=O)(=O)N(CC(=O)N/N=C(/C)c2ccc(F)cc2)c2ccccc2)cc1OC. The van der Waals surface area contributed by atoms with Crippen molar-refractivity contribution < 1.29 is 27.1 Å². The minimum absolute atomic E-state index is 0.0761. The number of benzene rings is 3. The number of para-hydroxylation sites is 1. The van der Waals surface area contributed by atoms with Crippen molar-refractivity contribution in [2.75, 3.05) is 25.1 Å². The molecule has 0 aliphatic carbocycles. The Kier molecular flexibility index (Phi) is 7.85. The molecule has 0 radical (unpaired) electrons. The number of ether oxygens (including phenoxy) is 2. The average molecular weight is 486 g/mol. The summed E-state index contributed by atoms with van der Waals surface area (Å²) in [5.41, 5.74) is 3.71. The summed E-state index contributed by atoms with van der Waals surface area (Å²) >= 11 is 0. The lowest BCUT2D eigenvalue weighted by atomic mass is 10.1. The van der Waals surface area contributed by atoms with Crippen molar-refractivity contribution in [3.63, 3.8) is 0 Å². The Balaban J connectivity index is 1.89. The molecular formula is C24H24FN3O5S. The lowest BCUT2D eigenvalue weighted by molar-refractivity contribution is -0.119. The fourth-order valence-corrected chi connectivity index (χ4v) is 4.52. The van der Waals surface area contributed by atoms with Crippen LogP contribution < -0.4 is 19.2 Å². The number of anilines is 1. The van der Waals surface area contributed by atoms with Crippen LogP contribution in [-0.4, -0.2) is 40.8 Å². The van der Waals surface area contributed by atoms with Crippen LogP contribution in [0.3, 0.4) is 0 Å². The van der Waals surface area contributed by atoms with Gasteiger partial charge in [0.1, 0.15) is 12.4 Å². The number of amides is 1. The molecule has 1 N–H and O–H groups in total. The highest BCUT2D eigenvalue weighted by atomic mass is 32.2. The Labute approximate surface area is 197 Å². The molecular weight excluding hydrogens is 461 g/mol. The van der Waals surface area contributed by atoms with Crippen molar-refractivity contribution in [3.8, 4) is 11.5 Å². The van der Waals surface area contributed by atoms with E-state index >= 15 is 0 Å². The molecule has 0 saturated heterocycles. The predicted octanol–water partition coefficient (Wildman–Crippen LogP) is 3.58. The molecule has 0 unspecified atom stereocenters. The zero-order valence-electron chi connectivity index (χ0n) is 18.9. The lowest BCUT2D eigenvalue weighted by Gasteiger charge is -2.24. The largest absolute Gasteiger partial charge is 0.493 e. The molecule has 3 rings (SSSR count). The van der Waals surface area contributed by atoms with Gasteiger partial charge in [0.2, 0.25) is 0 Å². The van der Waals surface area contributed by atoms with Crippen molar-refractivity contribution >= 4 is 27.3 Å². The van der Waals surface area contributed by atoms with Gasteiger partial charge in [-0.25, -0.2) is 18.2 Å². The number of nitrogens with zero attached hydrogens (tertiary/aromatic N) is 2. The van der Waals surface area contributed by atoms with Crippen LogP contribution in [0, 0.1) is 5.82 Å². The van der Waals surface area contributed by atoms with E-state index in [0.717, 1.165) is 4.31 Å². The Morgan fingerprint density at radius 2 is 1.62 bits per heavy atom. The van der Waals surface area contributed by atoms with Crippen LogP contribution >= 0.6 is 0 Å². The smallest absolute Gasteiger partial charge is 0.264 e. The van der Waals surface area contributed by atoms with E-state index in [0.29, 0.717) is 22.7 Å². The zero-order valence-corrected chi connectivity index (χ0v) is 19.7. The van der Waals surface area contributed by atoms with E-state index in [9.17, 15) is 17.6 Å². The molecule has 0 spiro atoms. The topological polar surface area (TPSA) is 97.3 Å². The van der Waals surface area contributed by atoms with Crippen LogP contribution in [0.15, 0.2) is 82.8 Å². The third-order valence-electron chi connectivity index (χ3n) is 4.88. The first-order valence-corrected chi connectivity index (χ1v) is 11.6. The van der Waals surface area contributed by atoms with E-state index in [1.165, 1.54) is 56.7 Å². The number of carbonyl (C=O) groups excluding carboxylic acids is 1. The highest BCUT2D eigenvalue weighted by Gasteiger charge is 2.28. The second kappa shape index (κ2) is 10.8. The minimum Gasteiger partial charge on any atom is -0.493 e. The lowest BCUT2D eigenvalue weighted by Crippen LogP contribution is -2.39. The standard InChI is InChI=1S/C24H24FN3O5S/c1-17(18-9-11-19(25)12-10-18)26-27-24(29)16-28(20-7-5-4-6-8-20)34(30,31)21-13-14-22(32-2)23(15-21)33-3/h4-15H,16H2,1-3H3,(H,27,29)/b26-17-. The van der Waals surface area contributed by atoms with Crippen molar-refractivity contribution in [1.29, 1.82) is 0 Å². The Morgan fingerprint density at radius 3 is 2.24 bits per heavy atom. The molecule has 0 heterocycles. The Morgan fingerprint density at radius 1 is 0.971 bits per heavy atom. The van der Waals surface area contributed by atoms with E-state index in [1.54, 1.807) is 37.3 Å². The van der Waals surface area contributed by atoms with E-state index < -0.39 is 22.5 Å². The third-order valence-corrected chi connectivity index (χ3v) is 6.65. The summed E-state index contributed by atoms with van der Waals surface area (Å²) in [6, 6.07) is 18.0. The van der Waals surface area contributed by atoms with E-state index in [4.69, 9.17) is 9.47 Å². The van der Waals surface area contributed by atoms with Crippen LogP contribution in [0.25, 0.3) is 0 Å². The van der Waals surface area contributed by atoms with Gasteiger partial charge in [0.05, 0.1) is 30.5 Å². The summed E-state index contributed by atoms with van der Waals surface area (Å²) < 4.78 is 51.5. The van der Waals surface area contributed by atoms with Gasteiger partial charge in [0.25, 0.3) is 15.9 Å². The Hall–Kier alpha value is -3.92. The molecule has 178 valence electrons. The van der Waals surface area contributed by atoms with Crippen LogP contribution in [0.1, 0.15) is 12.5 Å². The molecule has 34 heavy (non-hydrogen) atoms. The highest BCUT2D eigenvalue weighted by molar-refractivity contribution is 7.92. The van der Waals surface area contributed by atoms with Gasteiger partial charge < -0.3 is 9.47 Å². The molecule has 0 aromatic heterocycles. The first kappa shape index (κ1) is 24.7. The van der Waals surface area contributed by atoms with Crippen molar-refractivity contribution in [1.82, 2.24) is 5.43 Å². The summed E-state index contributed by atoms with van der Waals surface area (Å²) in [6.45, 7) is 1.11. The maximum Gasteiger partial charge on any atom is 0.264 e. The molecule has 0 bridgehead atoms. The van der Waals surface area contributed by atoms with Gasteiger partial charge in [0, 0.05) is 6.07 Å². The maximum absolute atomic E-state index is 13.5. The van der Waals surface area contributed by atoms with Crippen molar-refractivity contribution in [3.05, 3.63) is 84.2 Å². The number of sulfonamides is 1. The van der Waals surface area contributed by atoms with Gasteiger partial charge in [0.15, 0.2) is 11.5 Å². The van der Waals surface area contributed by atoms with Gasteiger partial charge >= 0.3 is 0 Å². The van der Waals surface area contributed by atoms with E-state index in [1.807, 2.05) is 0 Å². The number of nitrogens with one attached hydrogen (secondary N) is 1. The van der Waals surface area contributed by atoms with Gasteiger partial charge in [-0.15, -0.1) is 0 Å². The molecule has 3 aromatic rings. The zero-order chi connectivity index (χ0) is 24.7. The summed E-state index contributed by atoms with van der Waals surface area (Å²) in [6.07, 6.45) is 0. The number of rotatable bonds is 9. The van der Waals surface area contributed by atoms with E-state index in [-0.39, 0.29) is 16.5 Å². The van der Waals surface area contributed by atoms with Gasteiger partial charge in [-0.1, -0.05) is 30.3 Å². The number of hydrazone groups is 1. The van der Waals surface area contributed by atoms with Crippen LogP contribution in [0.5, 0.6) is 11.5 Å². The minimum atomic E-state index is -4.16. The average Bonchev–Trinajstić information content (AvgIpc) is 2.86. The summed E-state index contributed by atoms with van der Waals surface area (Å²) in [4.78, 5) is 12.6. The normalized spacial score (nSPS) is 11.6. The number of hydrogen-bond acceptors (Lipinski definition) is 6. The monoisotopic (exact) mass is 485 g/mol. The van der Waals surface area contributed by atoms with Crippen LogP contribution in [-0.2, 0) is 14.8 Å². The summed E-state index contributed by atoms with van der Waals surface area (Å²) in [5, 5.41) is 4.01. The highest BCUT2D eigenvalue weighted by Crippen LogP contribution is 2.32. The van der Waals surface area contributed by atoms with Gasteiger partial charge in [-0.2, -0.15) is 5.10 Å². The number of methoxy groups -OCH3 is 2. The maximum atomic E-state index is 13.5. The quantitative estimate of drug-likeness (QED) is 0.369. The third kappa shape index (κ3) is 5.70. The molecule has 0 aliphatic heterocycles. The van der Waals surface area contributed by atoms with Gasteiger partial charge in [-0.3, -0.25) is 9.10 Å². The molecule has 0 fully saturated rings.